The molecule has 15 heteroatoms. The van der Waals surface area contributed by atoms with Crippen LogP contribution < -0.4 is 27.0 Å². The van der Waals surface area contributed by atoms with E-state index < -0.39 is 90.8 Å². The van der Waals surface area contributed by atoms with E-state index in [4.69, 9.17) is 10.5 Å². The molecule has 15 nitrogen and oxygen atoms in total. The van der Waals surface area contributed by atoms with Gasteiger partial charge in [-0.15, -0.1) is 0 Å². The van der Waals surface area contributed by atoms with Gasteiger partial charge in [-0.1, -0.05) is 0 Å². The van der Waals surface area contributed by atoms with Crippen molar-refractivity contribution in [2.24, 2.45) is 16.6 Å². The van der Waals surface area contributed by atoms with Crippen molar-refractivity contribution < 1.29 is 38.6 Å². The molecule has 3 heterocycles. The lowest BCUT2D eigenvalue weighted by Crippen LogP contribution is -2.64. The molecule has 0 radical (unpaired) electrons. The van der Waals surface area contributed by atoms with Gasteiger partial charge in [0.05, 0.1) is 18.8 Å². The first-order valence-corrected chi connectivity index (χ1v) is 14.3. The highest BCUT2D eigenvalue weighted by molar-refractivity contribution is 5.98. The molecule has 3 fully saturated rings. The standard InChI is InChI=1S/C27H43N7O8/c1-14(28)29-9-5-6-17-23(38)30-12-20(36)31-18(11-21(37)42-27(2,3)4)24(39)33-22-15(13-35)10-16-7-8-19(25(40)32-17)34(16)26(22)41/h15-19,22,35H,5-13H2,1-4H3,(H2,28,29)(H,30,38)(H,31,36)(H,32,40)(H,33,39)/t15-,16-,17-,18-,19-,22+/m0/s1. The van der Waals surface area contributed by atoms with E-state index in [0.717, 1.165) is 0 Å². The van der Waals surface area contributed by atoms with Crippen LogP contribution in [0.15, 0.2) is 4.99 Å². The Hall–Kier alpha value is -3.75. The Balaban J connectivity index is 1.92. The number of nitrogens with one attached hydrogen (secondary N) is 4. The molecule has 3 aliphatic rings. The van der Waals surface area contributed by atoms with Crippen molar-refractivity contribution in [3.05, 3.63) is 0 Å². The fraction of sp³-hybridized carbons (Fsp3) is 0.741. The summed E-state index contributed by atoms with van der Waals surface area (Å²) in [5, 5.41) is 20.3. The third-order valence-corrected chi connectivity index (χ3v) is 7.41. The largest absolute Gasteiger partial charge is 0.460 e. The number of nitrogens with zero attached hydrogens (tertiary/aromatic N) is 2. The summed E-state index contributed by atoms with van der Waals surface area (Å²) in [7, 11) is 0. The monoisotopic (exact) mass is 593 g/mol. The van der Waals surface area contributed by atoms with E-state index in [1.54, 1.807) is 27.7 Å². The summed E-state index contributed by atoms with van der Waals surface area (Å²) in [6.07, 6.45) is 1.25. The number of carbonyl (C=O) groups is 6. The Labute approximate surface area is 244 Å². The Morgan fingerprint density at radius 3 is 2.40 bits per heavy atom. The van der Waals surface area contributed by atoms with Crippen LogP contribution in [0.2, 0.25) is 0 Å². The van der Waals surface area contributed by atoms with Gasteiger partial charge in [0.1, 0.15) is 29.8 Å². The SMILES string of the molecule is CC(N)=NCCC[C@@H]1NC(=O)[C@@H]2CC[C@H]3C[C@@H](CO)[C@@H](NC(=O)[C@H](CC(=O)OC(C)(C)C)NC(=O)CNC1=O)C(=O)N32. The van der Waals surface area contributed by atoms with Crippen LogP contribution in [0.4, 0.5) is 0 Å². The molecule has 42 heavy (non-hydrogen) atoms. The van der Waals surface area contributed by atoms with Crippen molar-refractivity contribution in [3.8, 4) is 0 Å². The van der Waals surface area contributed by atoms with Crippen molar-refractivity contribution in [2.45, 2.75) is 102 Å². The van der Waals surface area contributed by atoms with Crippen molar-refractivity contribution in [1.29, 1.82) is 0 Å². The molecule has 0 aliphatic carbocycles. The molecule has 0 aromatic carbocycles. The summed E-state index contributed by atoms with van der Waals surface area (Å²) in [6.45, 7) is 5.98. The molecule has 0 spiro atoms. The molecule has 7 N–H and O–H groups in total. The fourth-order valence-electron chi connectivity index (χ4n) is 5.55. The maximum atomic E-state index is 13.7. The topological polar surface area (TPSA) is 222 Å². The van der Waals surface area contributed by atoms with Crippen LogP contribution in [0.1, 0.15) is 66.2 Å². The van der Waals surface area contributed by atoms with Gasteiger partial charge in [0, 0.05) is 25.1 Å². The van der Waals surface area contributed by atoms with Gasteiger partial charge in [-0.3, -0.25) is 33.8 Å². The molecule has 3 aliphatic heterocycles. The average Bonchev–Trinajstić information content (AvgIpc) is 3.32. The van der Waals surface area contributed by atoms with Gasteiger partial charge in [-0.2, -0.15) is 0 Å². The van der Waals surface area contributed by atoms with Gasteiger partial charge < -0.3 is 41.7 Å². The molecule has 3 saturated heterocycles. The number of hydrogen-bond acceptors (Lipinski definition) is 9. The van der Waals surface area contributed by atoms with Crippen LogP contribution in [0, 0.1) is 5.92 Å². The van der Waals surface area contributed by atoms with Gasteiger partial charge in [0.15, 0.2) is 0 Å². The van der Waals surface area contributed by atoms with Crippen LogP contribution in [-0.4, -0.2) is 107 Å². The quantitative estimate of drug-likeness (QED) is 0.0817. The number of fused-ring (bicyclic) bond motifs is 1. The zero-order valence-electron chi connectivity index (χ0n) is 24.6. The third kappa shape index (κ3) is 8.63. The fourth-order valence-corrected chi connectivity index (χ4v) is 5.55. The van der Waals surface area contributed by atoms with Gasteiger partial charge in [0.25, 0.3) is 0 Å². The molecular formula is C27H43N7O8. The maximum Gasteiger partial charge on any atom is 0.308 e. The number of aliphatic imine (C=N–C) groups is 1. The lowest BCUT2D eigenvalue weighted by molar-refractivity contribution is -0.157. The molecular weight excluding hydrogens is 550 g/mol. The number of hydrogen-bond donors (Lipinski definition) is 6. The summed E-state index contributed by atoms with van der Waals surface area (Å²) in [6, 6.07) is -4.87. The van der Waals surface area contributed by atoms with Crippen LogP contribution in [0.5, 0.6) is 0 Å². The van der Waals surface area contributed by atoms with E-state index in [2.05, 4.69) is 26.3 Å². The number of rotatable bonds is 7. The Morgan fingerprint density at radius 1 is 1.05 bits per heavy atom. The number of esters is 1. The number of aliphatic hydroxyl groups is 1. The molecule has 234 valence electrons. The number of nitrogens with two attached hydrogens (primary N) is 1. The smallest absolute Gasteiger partial charge is 0.308 e. The summed E-state index contributed by atoms with van der Waals surface area (Å²) in [4.78, 5) is 84.5. The average molecular weight is 594 g/mol. The second-order valence-corrected chi connectivity index (χ2v) is 12.0. The molecule has 0 unspecified atom stereocenters. The summed E-state index contributed by atoms with van der Waals surface area (Å²) < 4.78 is 5.32. The summed E-state index contributed by atoms with van der Waals surface area (Å²) >= 11 is 0. The van der Waals surface area contributed by atoms with Gasteiger partial charge >= 0.3 is 5.97 Å². The second-order valence-electron chi connectivity index (χ2n) is 12.0. The highest BCUT2D eigenvalue weighted by Crippen LogP contribution is 2.35. The van der Waals surface area contributed by atoms with Crippen molar-refractivity contribution in [2.75, 3.05) is 19.7 Å². The highest BCUT2D eigenvalue weighted by atomic mass is 16.6. The normalized spacial score (nSPS) is 29.5. The van der Waals surface area contributed by atoms with Crippen LogP contribution >= 0.6 is 0 Å². The van der Waals surface area contributed by atoms with Gasteiger partial charge in [-0.25, -0.2) is 0 Å². The van der Waals surface area contributed by atoms with Crippen molar-refractivity contribution in [1.82, 2.24) is 26.2 Å². The van der Waals surface area contributed by atoms with Crippen molar-refractivity contribution in [3.63, 3.8) is 0 Å². The first-order chi connectivity index (χ1) is 19.7. The predicted molar refractivity (Wildman–Crippen MR) is 150 cm³/mol. The molecule has 0 aromatic rings. The summed E-state index contributed by atoms with van der Waals surface area (Å²) in [5.41, 5.74) is 4.73. The lowest BCUT2D eigenvalue weighted by Gasteiger charge is -2.42. The molecule has 3 rings (SSSR count). The third-order valence-electron chi connectivity index (χ3n) is 7.41. The maximum absolute atomic E-state index is 13.7. The van der Waals surface area contributed by atoms with E-state index in [-0.39, 0.29) is 12.5 Å². The zero-order valence-corrected chi connectivity index (χ0v) is 24.6. The number of amides is 5. The van der Waals surface area contributed by atoms with Crippen LogP contribution in [-0.2, 0) is 33.5 Å². The van der Waals surface area contributed by atoms with Gasteiger partial charge in [0.2, 0.25) is 29.5 Å². The number of carbonyl (C=O) groups excluding carboxylic acids is 6. The van der Waals surface area contributed by atoms with E-state index >= 15 is 0 Å². The molecule has 5 amide bonds. The number of ether oxygens (including phenoxy) is 1. The minimum Gasteiger partial charge on any atom is -0.460 e. The summed E-state index contributed by atoms with van der Waals surface area (Å²) in [5.74, 6) is -4.34. The lowest BCUT2D eigenvalue weighted by atomic mass is 9.86. The Morgan fingerprint density at radius 2 is 1.76 bits per heavy atom. The Bertz CT molecular complexity index is 1100. The van der Waals surface area contributed by atoms with Crippen molar-refractivity contribution >= 4 is 41.3 Å². The molecule has 0 aromatic heterocycles. The number of amidine groups is 1. The minimum atomic E-state index is -1.43. The highest BCUT2D eigenvalue weighted by Gasteiger charge is 2.50. The second kappa shape index (κ2) is 13.9. The number of aliphatic hydroxyl groups excluding tert-OH is 1. The van der Waals surface area contributed by atoms with Crippen LogP contribution in [0.25, 0.3) is 0 Å². The van der Waals surface area contributed by atoms with E-state index in [1.165, 1.54) is 4.90 Å². The Kier molecular flexibility index (Phi) is 10.9. The first kappa shape index (κ1) is 32.8. The van der Waals surface area contributed by atoms with E-state index in [1.807, 2.05) is 0 Å². The predicted octanol–water partition coefficient (Wildman–Crippen LogP) is -2.17. The van der Waals surface area contributed by atoms with Gasteiger partial charge in [-0.05, 0) is 59.8 Å². The minimum absolute atomic E-state index is 0.191. The molecule has 2 bridgehead atoms. The van der Waals surface area contributed by atoms with E-state index in [0.29, 0.717) is 38.1 Å². The molecule has 0 saturated carbocycles. The van der Waals surface area contributed by atoms with E-state index in [9.17, 15) is 33.9 Å². The zero-order chi connectivity index (χ0) is 31.2. The molecule has 6 atom stereocenters. The first-order valence-electron chi connectivity index (χ1n) is 14.3. The number of piperidine rings is 1. The van der Waals surface area contributed by atoms with Crippen LogP contribution in [0.3, 0.4) is 0 Å².